The second-order valence-electron chi connectivity index (χ2n) is 10.1. The topological polar surface area (TPSA) is 90.0 Å². The fourth-order valence-corrected chi connectivity index (χ4v) is 5.64. The fourth-order valence-electron chi connectivity index (χ4n) is 5.64. The number of rotatable bonds is 7. The van der Waals surface area contributed by atoms with E-state index in [9.17, 15) is 14.8 Å². The van der Waals surface area contributed by atoms with Gasteiger partial charge in [-0.15, -0.1) is 0 Å². The molecule has 1 amide bonds. The van der Waals surface area contributed by atoms with Gasteiger partial charge in [0, 0.05) is 49.9 Å². The van der Waals surface area contributed by atoms with Crippen molar-refractivity contribution in [2.24, 2.45) is 5.73 Å². The Morgan fingerprint density at radius 1 is 0.947 bits per heavy atom. The Kier molecular flexibility index (Phi) is 7.79. The standard InChI is InChI=1S/C31H34BN3O3/c1-34(21-25-8-2-3-13-29(25)32(37)38)30-14-6-10-26-27(30)11-5-12-28(26)31(36)35-17-15-23(16-18-35)24-9-4-7-22(19-24)20-33/h2-14,19,23,37-38H,15-18,20-21,33H2,1H3. The summed E-state index contributed by atoms with van der Waals surface area (Å²) in [5.74, 6) is 0.511. The van der Waals surface area contributed by atoms with Crippen LogP contribution in [0, 0.1) is 0 Å². The van der Waals surface area contributed by atoms with Gasteiger partial charge in [0.25, 0.3) is 5.91 Å². The molecule has 7 heteroatoms. The smallest absolute Gasteiger partial charge is 0.423 e. The highest BCUT2D eigenvalue weighted by atomic mass is 16.4. The highest BCUT2D eigenvalue weighted by Gasteiger charge is 2.26. The van der Waals surface area contributed by atoms with Gasteiger partial charge in [0.2, 0.25) is 0 Å². The van der Waals surface area contributed by atoms with E-state index >= 15 is 0 Å². The molecule has 0 atom stereocenters. The summed E-state index contributed by atoms with van der Waals surface area (Å²) in [5, 5.41) is 21.5. The fraction of sp³-hybridized carbons (Fsp3) is 0.258. The lowest BCUT2D eigenvalue weighted by molar-refractivity contribution is 0.0715. The summed E-state index contributed by atoms with van der Waals surface area (Å²) in [6.45, 7) is 2.50. The molecule has 0 bridgehead atoms. The van der Waals surface area contributed by atoms with E-state index in [1.54, 1.807) is 12.1 Å². The summed E-state index contributed by atoms with van der Waals surface area (Å²) < 4.78 is 0. The van der Waals surface area contributed by atoms with Crippen LogP contribution in [0.25, 0.3) is 10.8 Å². The minimum atomic E-state index is -1.52. The summed E-state index contributed by atoms with van der Waals surface area (Å²) >= 11 is 0. The average Bonchev–Trinajstić information content (AvgIpc) is 2.96. The van der Waals surface area contributed by atoms with Crippen LogP contribution in [0.15, 0.2) is 84.9 Å². The van der Waals surface area contributed by atoms with E-state index in [0.717, 1.165) is 53.5 Å². The molecule has 194 valence electrons. The molecular formula is C31H34BN3O3. The second kappa shape index (κ2) is 11.4. The van der Waals surface area contributed by atoms with E-state index < -0.39 is 7.12 Å². The number of amides is 1. The first-order valence-electron chi connectivity index (χ1n) is 13.2. The third-order valence-corrected chi connectivity index (χ3v) is 7.72. The molecule has 1 fully saturated rings. The number of hydrogen-bond donors (Lipinski definition) is 3. The molecule has 5 rings (SSSR count). The van der Waals surface area contributed by atoms with E-state index in [-0.39, 0.29) is 5.91 Å². The summed E-state index contributed by atoms with van der Waals surface area (Å²) in [4.78, 5) is 17.8. The molecule has 0 saturated carbocycles. The summed E-state index contributed by atoms with van der Waals surface area (Å²) in [6.07, 6.45) is 1.88. The lowest BCUT2D eigenvalue weighted by Crippen LogP contribution is -2.38. The van der Waals surface area contributed by atoms with Crippen molar-refractivity contribution < 1.29 is 14.8 Å². The number of benzene rings is 4. The number of piperidine rings is 1. The lowest BCUT2D eigenvalue weighted by atomic mass is 9.77. The van der Waals surface area contributed by atoms with Crippen molar-refractivity contribution in [1.29, 1.82) is 0 Å². The summed E-state index contributed by atoms with van der Waals surface area (Å²) in [5.41, 5.74) is 11.3. The van der Waals surface area contributed by atoms with Gasteiger partial charge in [-0.1, -0.05) is 72.8 Å². The van der Waals surface area contributed by atoms with E-state index in [4.69, 9.17) is 5.73 Å². The van der Waals surface area contributed by atoms with Crippen molar-refractivity contribution in [2.45, 2.75) is 31.8 Å². The molecule has 1 aliphatic rings. The van der Waals surface area contributed by atoms with Gasteiger partial charge in [-0.3, -0.25) is 4.79 Å². The maximum absolute atomic E-state index is 13.7. The molecule has 6 nitrogen and oxygen atoms in total. The number of likely N-dealkylation sites (tertiary alicyclic amines) is 1. The Balaban J connectivity index is 1.35. The molecule has 1 saturated heterocycles. The highest BCUT2D eigenvalue weighted by Crippen LogP contribution is 2.32. The SMILES string of the molecule is CN(Cc1ccccc1B(O)O)c1cccc2c(C(=O)N3CCC(c4cccc(CN)c4)CC3)cccc12. The van der Waals surface area contributed by atoms with E-state index in [1.165, 1.54) is 5.56 Å². The molecule has 0 aliphatic carbocycles. The van der Waals surface area contributed by atoms with Gasteiger partial charge < -0.3 is 25.6 Å². The average molecular weight is 507 g/mol. The molecule has 0 unspecified atom stereocenters. The molecule has 4 N–H and O–H groups in total. The predicted octanol–water partition coefficient (Wildman–Crippen LogP) is 3.63. The van der Waals surface area contributed by atoms with Gasteiger partial charge in [0.05, 0.1) is 0 Å². The Morgan fingerprint density at radius 2 is 1.66 bits per heavy atom. The normalized spacial score (nSPS) is 14.1. The minimum Gasteiger partial charge on any atom is -0.423 e. The van der Waals surface area contributed by atoms with Crippen LogP contribution in [0.5, 0.6) is 0 Å². The van der Waals surface area contributed by atoms with E-state index in [2.05, 4.69) is 29.2 Å². The summed E-state index contributed by atoms with van der Waals surface area (Å²) in [7, 11) is 0.457. The first kappa shape index (κ1) is 26.0. The van der Waals surface area contributed by atoms with E-state index in [1.807, 2.05) is 60.5 Å². The first-order valence-corrected chi connectivity index (χ1v) is 13.2. The minimum absolute atomic E-state index is 0.0679. The van der Waals surface area contributed by atoms with E-state index in [0.29, 0.717) is 30.0 Å². The molecule has 38 heavy (non-hydrogen) atoms. The quantitative estimate of drug-likeness (QED) is 0.333. The zero-order valence-corrected chi connectivity index (χ0v) is 21.8. The lowest BCUT2D eigenvalue weighted by Gasteiger charge is -2.33. The van der Waals surface area contributed by atoms with Crippen LogP contribution in [0.1, 0.15) is 45.8 Å². The molecular weight excluding hydrogens is 473 g/mol. The first-order chi connectivity index (χ1) is 18.5. The number of fused-ring (bicyclic) bond motifs is 1. The molecule has 0 radical (unpaired) electrons. The molecule has 1 aliphatic heterocycles. The van der Waals surface area contributed by atoms with Gasteiger partial charge in [-0.05, 0) is 58.4 Å². The van der Waals surface area contributed by atoms with Crippen molar-refractivity contribution in [3.8, 4) is 0 Å². The Hall–Kier alpha value is -3.65. The van der Waals surface area contributed by atoms with Crippen LogP contribution in [0.3, 0.4) is 0 Å². The maximum Gasteiger partial charge on any atom is 0.488 e. The van der Waals surface area contributed by atoms with Gasteiger partial charge in [0.1, 0.15) is 0 Å². The Bertz CT molecular complexity index is 1430. The molecule has 1 heterocycles. The predicted molar refractivity (Wildman–Crippen MR) is 155 cm³/mol. The van der Waals surface area contributed by atoms with Crippen LogP contribution in [0.4, 0.5) is 5.69 Å². The van der Waals surface area contributed by atoms with Crippen molar-refractivity contribution in [3.63, 3.8) is 0 Å². The Morgan fingerprint density at radius 3 is 2.42 bits per heavy atom. The van der Waals surface area contributed by atoms with Crippen molar-refractivity contribution in [3.05, 3.63) is 107 Å². The van der Waals surface area contributed by atoms with Crippen molar-refractivity contribution in [1.82, 2.24) is 4.90 Å². The van der Waals surface area contributed by atoms with Crippen LogP contribution in [0.2, 0.25) is 0 Å². The molecule has 4 aromatic rings. The zero-order valence-electron chi connectivity index (χ0n) is 21.8. The zero-order chi connectivity index (χ0) is 26.6. The number of nitrogens with zero attached hydrogens (tertiary/aromatic N) is 2. The van der Waals surface area contributed by atoms with Crippen molar-refractivity contribution >= 4 is 34.9 Å². The van der Waals surface area contributed by atoms with Crippen LogP contribution >= 0.6 is 0 Å². The van der Waals surface area contributed by atoms with Gasteiger partial charge in [0.15, 0.2) is 0 Å². The number of anilines is 1. The van der Waals surface area contributed by atoms with Crippen LogP contribution < -0.4 is 16.1 Å². The Labute approximate surface area is 224 Å². The van der Waals surface area contributed by atoms with Gasteiger partial charge in [-0.2, -0.15) is 0 Å². The second-order valence-corrected chi connectivity index (χ2v) is 10.1. The summed E-state index contributed by atoms with van der Waals surface area (Å²) in [6, 6.07) is 27.8. The number of hydrogen-bond acceptors (Lipinski definition) is 5. The maximum atomic E-state index is 13.7. The number of carbonyl (C=O) groups excluding carboxylic acids is 1. The number of nitrogens with two attached hydrogens (primary N) is 1. The third kappa shape index (κ3) is 5.32. The largest absolute Gasteiger partial charge is 0.488 e. The van der Waals surface area contributed by atoms with Crippen LogP contribution in [-0.4, -0.2) is 48.1 Å². The third-order valence-electron chi connectivity index (χ3n) is 7.72. The van der Waals surface area contributed by atoms with Crippen molar-refractivity contribution in [2.75, 3.05) is 25.0 Å². The number of carbonyl (C=O) groups is 1. The molecule has 0 aromatic heterocycles. The van der Waals surface area contributed by atoms with Gasteiger partial charge in [-0.25, -0.2) is 0 Å². The van der Waals surface area contributed by atoms with Gasteiger partial charge >= 0.3 is 7.12 Å². The molecule has 0 spiro atoms. The highest BCUT2D eigenvalue weighted by molar-refractivity contribution is 6.59. The molecule has 4 aromatic carbocycles. The van der Waals surface area contributed by atoms with Crippen LogP contribution in [-0.2, 0) is 13.1 Å². The monoisotopic (exact) mass is 507 g/mol.